The Labute approximate surface area is 179 Å². The van der Waals surface area contributed by atoms with Gasteiger partial charge in [0, 0.05) is 23.4 Å². The minimum atomic E-state index is -4.18. The Morgan fingerprint density at radius 1 is 1.00 bits per heavy atom. The van der Waals surface area contributed by atoms with Gasteiger partial charge in [0.1, 0.15) is 16.7 Å². The second-order valence-corrected chi connectivity index (χ2v) is 8.22. The molecule has 0 fully saturated rings. The topological polar surface area (TPSA) is 118 Å². The maximum Gasteiger partial charge on any atom is 0.289 e. The van der Waals surface area contributed by atoms with E-state index in [0.29, 0.717) is 6.07 Å². The molecule has 0 spiro atoms. The third-order valence-electron chi connectivity index (χ3n) is 4.00. The molecule has 0 saturated carbocycles. The number of hydrogen-bond donors (Lipinski definition) is 2. The predicted molar refractivity (Wildman–Crippen MR) is 110 cm³/mol. The number of anilines is 2. The van der Waals surface area contributed by atoms with Gasteiger partial charge in [0.2, 0.25) is 0 Å². The number of carbonyl (C=O) groups excluding carboxylic acids is 1. The molecule has 0 unspecified atom stereocenters. The molecule has 8 nitrogen and oxygen atoms in total. The molecule has 0 radical (unpaired) electrons. The number of nitro benzene ring substituents is 1. The molecule has 0 aromatic heterocycles. The number of carbonyl (C=O) groups is 1. The lowest BCUT2D eigenvalue weighted by molar-refractivity contribution is -0.384. The van der Waals surface area contributed by atoms with Gasteiger partial charge in [0.05, 0.1) is 15.5 Å². The highest BCUT2D eigenvalue weighted by atomic mass is 35.5. The van der Waals surface area contributed by atoms with Crippen LogP contribution in [0.5, 0.6) is 0 Å². The van der Waals surface area contributed by atoms with E-state index in [1.807, 2.05) is 0 Å². The molecule has 0 aliphatic carbocycles. The van der Waals surface area contributed by atoms with Gasteiger partial charge in [-0.1, -0.05) is 11.6 Å². The Kier molecular flexibility index (Phi) is 6.18. The van der Waals surface area contributed by atoms with E-state index in [0.717, 1.165) is 30.3 Å². The molecule has 1 amide bonds. The zero-order valence-electron chi connectivity index (χ0n) is 15.3. The summed E-state index contributed by atoms with van der Waals surface area (Å²) in [7, 11) is -4.18. The van der Waals surface area contributed by atoms with Gasteiger partial charge in [0.25, 0.3) is 21.6 Å². The van der Waals surface area contributed by atoms with Crippen LogP contribution in [0.4, 0.5) is 25.8 Å². The van der Waals surface area contributed by atoms with E-state index in [1.165, 1.54) is 24.3 Å². The van der Waals surface area contributed by atoms with Crippen LogP contribution in [-0.2, 0) is 10.0 Å². The molecule has 3 aromatic rings. The average Bonchev–Trinajstić information content (AvgIpc) is 2.70. The minimum absolute atomic E-state index is 0.0714. The van der Waals surface area contributed by atoms with Crippen LogP contribution in [0.25, 0.3) is 0 Å². The zero-order chi connectivity index (χ0) is 22.8. The number of halogens is 3. The fourth-order valence-corrected chi connectivity index (χ4v) is 3.75. The molecule has 0 atom stereocenters. The van der Waals surface area contributed by atoms with Crippen molar-refractivity contribution in [3.05, 3.63) is 93.0 Å². The smallest absolute Gasteiger partial charge is 0.289 e. The highest BCUT2D eigenvalue weighted by molar-refractivity contribution is 7.92. The van der Waals surface area contributed by atoms with Crippen molar-refractivity contribution in [1.82, 2.24) is 0 Å². The highest BCUT2D eigenvalue weighted by Gasteiger charge is 2.21. The lowest BCUT2D eigenvalue weighted by atomic mass is 10.2. The van der Waals surface area contributed by atoms with Crippen molar-refractivity contribution in [2.45, 2.75) is 4.90 Å². The van der Waals surface area contributed by atoms with E-state index in [-0.39, 0.29) is 26.9 Å². The Morgan fingerprint density at radius 2 is 1.68 bits per heavy atom. The van der Waals surface area contributed by atoms with Gasteiger partial charge in [-0.05, 0) is 48.5 Å². The molecule has 160 valence electrons. The van der Waals surface area contributed by atoms with E-state index < -0.39 is 38.2 Å². The van der Waals surface area contributed by atoms with Crippen LogP contribution in [-0.4, -0.2) is 19.2 Å². The standard InChI is InChI=1S/C19H12ClF2N3O5S/c20-15-7-6-14(10-18(15)25(27)28)31(29,30)24-13-4-1-11(2-5-13)19(26)23-17-8-3-12(21)9-16(17)22/h1-10,24H,(H,23,26). The number of nitro groups is 1. The number of sulfonamides is 1. The van der Waals surface area contributed by atoms with Crippen LogP contribution in [0.1, 0.15) is 10.4 Å². The number of amides is 1. The first-order valence-corrected chi connectivity index (χ1v) is 10.3. The van der Waals surface area contributed by atoms with E-state index in [1.54, 1.807) is 0 Å². The molecule has 2 N–H and O–H groups in total. The molecule has 0 saturated heterocycles. The molecule has 3 rings (SSSR count). The van der Waals surface area contributed by atoms with Crippen molar-refractivity contribution in [2.75, 3.05) is 10.0 Å². The van der Waals surface area contributed by atoms with Crippen LogP contribution in [0.15, 0.2) is 65.6 Å². The molecule has 0 aliphatic rings. The number of nitrogens with one attached hydrogen (secondary N) is 2. The summed E-state index contributed by atoms with van der Waals surface area (Å²) in [6.07, 6.45) is 0. The lowest BCUT2D eigenvalue weighted by Gasteiger charge is -2.10. The minimum Gasteiger partial charge on any atom is -0.319 e. The first-order valence-electron chi connectivity index (χ1n) is 8.40. The Balaban J connectivity index is 1.76. The fourth-order valence-electron chi connectivity index (χ4n) is 2.49. The molecule has 0 aliphatic heterocycles. The SMILES string of the molecule is O=C(Nc1ccc(F)cc1F)c1ccc(NS(=O)(=O)c2ccc(Cl)c([N+](=O)[O-])c2)cc1. The highest BCUT2D eigenvalue weighted by Crippen LogP contribution is 2.28. The van der Waals surface area contributed by atoms with E-state index in [9.17, 15) is 32.1 Å². The van der Waals surface area contributed by atoms with Crippen molar-refractivity contribution in [3.8, 4) is 0 Å². The lowest BCUT2D eigenvalue weighted by Crippen LogP contribution is -2.15. The Hall–Kier alpha value is -3.57. The van der Waals surface area contributed by atoms with Gasteiger partial charge in [-0.2, -0.15) is 0 Å². The van der Waals surface area contributed by atoms with Crippen LogP contribution in [0, 0.1) is 21.7 Å². The van der Waals surface area contributed by atoms with Crippen LogP contribution in [0.2, 0.25) is 5.02 Å². The van der Waals surface area contributed by atoms with Crippen molar-refractivity contribution in [3.63, 3.8) is 0 Å². The third-order valence-corrected chi connectivity index (χ3v) is 5.70. The first kappa shape index (κ1) is 22.1. The third kappa shape index (κ3) is 5.13. The van der Waals surface area contributed by atoms with Crippen molar-refractivity contribution in [2.24, 2.45) is 0 Å². The van der Waals surface area contributed by atoms with Crippen molar-refractivity contribution >= 4 is 44.6 Å². The molecule has 3 aromatic carbocycles. The van der Waals surface area contributed by atoms with Gasteiger partial charge < -0.3 is 5.32 Å². The van der Waals surface area contributed by atoms with Gasteiger partial charge in [0.15, 0.2) is 0 Å². The first-order chi connectivity index (χ1) is 14.6. The summed E-state index contributed by atoms with van der Waals surface area (Å²) in [5.41, 5.74) is -0.638. The number of benzene rings is 3. The normalized spacial score (nSPS) is 11.1. The summed E-state index contributed by atoms with van der Waals surface area (Å²) in [6.45, 7) is 0. The van der Waals surface area contributed by atoms with Crippen molar-refractivity contribution in [1.29, 1.82) is 0 Å². The summed E-state index contributed by atoms with van der Waals surface area (Å²) in [4.78, 5) is 22.0. The quantitative estimate of drug-likeness (QED) is 0.406. The van der Waals surface area contributed by atoms with Crippen LogP contribution >= 0.6 is 11.6 Å². The maximum atomic E-state index is 13.7. The fraction of sp³-hybridized carbons (Fsp3) is 0. The van der Waals surface area contributed by atoms with Gasteiger partial charge in [-0.3, -0.25) is 19.6 Å². The van der Waals surface area contributed by atoms with Gasteiger partial charge in [-0.15, -0.1) is 0 Å². The summed E-state index contributed by atoms with van der Waals surface area (Å²) in [6, 6.07) is 10.8. The Bertz CT molecular complexity index is 1280. The molecular formula is C19H12ClF2N3O5S. The zero-order valence-corrected chi connectivity index (χ0v) is 16.9. The van der Waals surface area contributed by atoms with E-state index in [2.05, 4.69) is 10.0 Å². The largest absolute Gasteiger partial charge is 0.319 e. The molecule has 12 heteroatoms. The monoisotopic (exact) mass is 467 g/mol. The van der Waals surface area contributed by atoms with Gasteiger partial charge >= 0.3 is 0 Å². The second kappa shape index (κ2) is 8.66. The van der Waals surface area contributed by atoms with Gasteiger partial charge in [-0.25, -0.2) is 17.2 Å². The summed E-state index contributed by atoms with van der Waals surface area (Å²) in [5, 5.41) is 13.0. The molecule has 0 bridgehead atoms. The van der Waals surface area contributed by atoms with Crippen LogP contribution in [0.3, 0.4) is 0 Å². The molecule has 31 heavy (non-hydrogen) atoms. The van der Waals surface area contributed by atoms with E-state index >= 15 is 0 Å². The Morgan fingerprint density at radius 3 is 2.29 bits per heavy atom. The number of hydrogen-bond acceptors (Lipinski definition) is 5. The average molecular weight is 468 g/mol. The van der Waals surface area contributed by atoms with Crippen molar-refractivity contribution < 1.29 is 26.9 Å². The molecular weight excluding hydrogens is 456 g/mol. The number of nitrogens with zero attached hydrogens (tertiary/aromatic N) is 1. The number of rotatable bonds is 6. The van der Waals surface area contributed by atoms with E-state index in [4.69, 9.17) is 11.6 Å². The maximum absolute atomic E-state index is 13.7. The summed E-state index contributed by atoms with van der Waals surface area (Å²) < 4.78 is 53.8. The van der Waals surface area contributed by atoms with Crippen LogP contribution < -0.4 is 10.0 Å². The predicted octanol–water partition coefficient (Wildman–Crippen LogP) is 4.58. The summed E-state index contributed by atoms with van der Waals surface area (Å²) in [5.74, 6) is -2.44. The second-order valence-electron chi connectivity index (χ2n) is 6.13. The summed E-state index contributed by atoms with van der Waals surface area (Å²) >= 11 is 5.69. The molecule has 0 heterocycles.